The van der Waals surface area contributed by atoms with E-state index in [4.69, 9.17) is 18.9 Å². The quantitative estimate of drug-likeness (QED) is 0.127. The molecule has 1 aromatic heterocycles. The molecule has 0 unspecified atom stereocenters. The van der Waals surface area contributed by atoms with Crippen LogP contribution in [0.4, 0.5) is 4.79 Å². The van der Waals surface area contributed by atoms with Crippen LogP contribution in [0.15, 0.2) is 64.9 Å². The summed E-state index contributed by atoms with van der Waals surface area (Å²) >= 11 is 0. The lowest BCUT2D eigenvalue weighted by Crippen LogP contribution is -2.45. The fraction of sp³-hybridized carbons (Fsp3) is 0.281. The van der Waals surface area contributed by atoms with Gasteiger partial charge in [0.15, 0.2) is 18.1 Å². The number of benzene rings is 2. The maximum Gasteiger partial charge on any atom is 0.338 e. The van der Waals surface area contributed by atoms with E-state index in [0.717, 1.165) is 22.6 Å². The van der Waals surface area contributed by atoms with Crippen molar-refractivity contribution in [2.24, 2.45) is 5.10 Å². The number of aryl methyl sites for hydroxylation is 1. The number of aromatic nitrogens is 1. The van der Waals surface area contributed by atoms with Crippen molar-refractivity contribution in [2.75, 3.05) is 20.3 Å². The van der Waals surface area contributed by atoms with Gasteiger partial charge in [-0.2, -0.15) is 5.10 Å². The topological polar surface area (TPSA) is 159 Å². The van der Waals surface area contributed by atoms with Gasteiger partial charge in [0, 0.05) is 35.3 Å². The van der Waals surface area contributed by atoms with Gasteiger partial charge in [0.25, 0.3) is 5.91 Å². The number of amides is 3. The first-order valence-corrected chi connectivity index (χ1v) is 14.1. The smallest absolute Gasteiger partial charge is 0.338 e. The summed E-state index contributed by atoms with van der Waals surface area (Å²) in [5, 5.41) is 9.41. The second kappa shape index (κ2) is 14.3. The number of allylic oxidation sites excluding steroid dienone is 1. The van der Waals surface area contributed by atoms with Crippen LogP contribution >= 0.6 is 0 Å². The molecule has 4 rings (SSSR count). The van der Waals surface area contributed by atoms with Gasteiger partial charge in [-0.1, -0.05) is 6.07 Å². The summed E-state index contributed by atoms with van der Waals surface area (Å²) in [7, 11) is 1.44. The summed E-state index contributed by atoms with van der Waals surface area (Å²) in [5.74, 6) is -0.406. The number of hydrazone groups is 1. The first kappa shape index (κ1) is 32.3. The van der Waals surface area contributed by atoms with Crippen LogP contribution < -0.4 is 30.3 Å². The van der Waals surface area contributed by atoms with Crippen LogP contribution in [0, 0.1) is 13.8 Å². The van der Waals surface area contributed by atoms with Gasteiger partial charge in [0.1, 0.15) is 5.75 Å². The number of ether oxygens (including phenoxy) is 4. The zero-order chi connectivity index (χ0) is 32.7. The number of carbonyl (C=O) groups excluding carboxylic acids is 4. The Morgan fingerprint density at radius 1 is 1.04 bits per heavy atom. The highest BCUT2D eigenvalue weighted by atomic mass is 16.5. The minimum Gasteiger partial charge on any atom is -0.493 e. The first-order chi connectivity index (χ1) is 21.5. The predicted octanol–water partition coefficient (Wildman–Crippen LogP) is 3.75. The van der Waals surface area contributed by atoms with Crippen molar-refractivity contribution < 1.29 is 38.1 Å². The highest BCUT2D eigenvalue weighted by molar-refractivity contribution is 5.95. The second-order valence-corrected chi connectivity index (χ2v) is 10.0. The van der Waals surface area contributed by atoms with E-state index in [2.05, 4.69) is 21.2 Å². The van der Waals surface area contributed by atoms with Gasteiger partial charge in [-0.05, 0) is 75.7 Å². The molecule has 2 heterocycles. The fourth-order valence-corrected chi connectivity index (χ4v) is 4.90. The van der Waals surface area contributed by atoms with Crippen LogP contribution in [-0.4, -0.2) is 55.0 Å². The number of nitrogens with zero attached hydrogens (tertiary/aromatic N) is 2. The molecule has 45 heavy (non-hydrogen) atoms. The van der Waals surface area contributed by atoms with Crippen molar-refractivity contribution in [2.45, 2.75) is 40.7 Å². The molecule has 0 saturated carbocycles. The minimum absolute atomic E-state index is 0.180. The SMILES string of the molecule is CCOC(=O)C1=C(C)NC(=O)N[C@@H]1c1ccc(OCC(=O)N/N=C\c2cc(C)n(-c3ccc(OC(C)=O)cc3)c2C)c(OC)c1. The summed E-state index contributed by atoms with van der Waals surface area (Å²) in [6.07, 6.45) is 1.54. The van der Waals surface area contributed by atoms with E-state index in [1.54, 1.807) is 50.4 Å². The molecule has 236 valence electrons. The van der Waals surface area contributed by atoms with Gasteiger partial charge in [-0.15, -0.1) is 0 Å². The summed E-state index contributed by atoms with van der Waals surface area (Å²) in [4.78, 5) is 48.5. The number of hydrogen-bond acceptors (Lipinski definition) is 9. The van der Waals surface area contributed by atoms with E-state index in [1.807, 2.05) is 36.6 Å². The molecule has 3 amide bonds. The van der Waals surface area contributed by atoms with Gasteiger partial charge in [-0.25, -0.2) is 15.0 Å². The summed E-state index contributed by atoms with van der Waals surface area (Å²) < 4.78 is 23.4. The van der Waals surface area contributed by atoms with Crippen molar-refractivity contribution in [3.05, 3.63) is 82.3 Å². The minimum atomic E-state index is -0.777. The fourth-order valence-electron chi connectivity index (χ4n) is 4.90. The zero-order valence-electron chi connectivity index (χ0n) is 25.8. The molecule has 3 N–H and O–H groups in total. The lowest BCUT2D eigenvalue weighted by Gasteiger charge is -2.28. The summed E-state index contributed by atoms with van der Waals surface area (Å²) in [6.45, 7) is 8.38. The van der Waals surface area contributed by atoms with Crippen molar-refractivity contribution in [1.82, 2.24) is 20.6 Å². The van der Waals surface area contributed by atoms with E-state index in [1.165, 1.54) is 14.0 Å². The highest BCUT2D eigenvalue weighted by Gasteiger charge is 2.32. The monoisotopic (exact) mass is 617 g/mol. The molecule has 0 fully saturated rings. The third-order valence-corrected chi connectivity index (χ3v) is 6.86. The van der Waals surface area contributed by atoms with Gasteiger partial charge in [0.05, 0.1) is 31.5 Å². The van der Waals surface area contributed by atoms with Crippen LogP contribution in [0.5, 0.6) is 17.2 Å². The third kappa shape index (κ3) is 7.68. The van der Waals surface area contributed by atoms with E-state index in [0.29, 0.717) is 22.8 Å². The molecule has 13 nitrogen and oxygen atoms in total. The molecule has 1 aliphatic heterocycles. The molecule has 0 saturated heterocycles. The summed E-state index contributed by atoms with van der Waals surface area (Å²) in [6, 6.07) is 12.7. The average Bonchev–Trinajstić information content (AvgIpc) is 3.27. The highest BCUT2D eigenvalue weighted by Crippen LogP contribution is 2.34. The van der Waals surface area contributed by atoms with Crippen LogP contribution in [0.25, 0.3) is 5.69 Å². The predicted molar refractivity (Wildman–Crippen MR) is 165 cm³/mol. The van der Waals surface area contributed by atoms with Crippen molar-refractivity contribution >= 4 is 30.1 Å². The number of carbonyl (C=O) groups is 4. The summed E-state index contributed by atoms with van der Waals surface area (Å²) in [5.41, 5.74) is 7.19. The second-order valence-electron chi connectivity index (χ2n) is 10.0. The largest absolute Gasteiger partial charge is 0.493 e. The number of esters is 2. The molecule has 0 bridgehead atoms. The maximum absolute atomic E-state index is 12.6. The number of hydrogen-bond donors (Lipinski definition) is 3. The van der Waals surface area contributed by atoms with Crippen LogP contribution in [0.1, 0.15) is 49.3 Å². The Labute approximate surface area is 260 Å². The third-order valence-electron chi connectivity index (χ3n) is 6.86. The Morgan fingerprint density at radius 2 is 1.78 bits per heavy atom. The molecule has 2 aromatic carbocycles. The average molecular weight is 618 g/mol. The van der Waals surface area contributed by atoms with E-state index in [-0.39, 0.29) is 30.5 Å². The molecule has 0 aliphatic carbocycles. The Balaban J connectivity index is 1.40. The van der Waals surface area contributed by atoms with Crippen LogP contribution in [0.2, 0.25) is 0 Å². The van der Waals surface area contributed by atoms with Crippen LogP contribution in [0.3, 0.4) is 0 Å². The maximum atomic E-state index is 12.6. The molecule has 0 spiro atoms. The molecular formula is C32H35N5O8. The normalized spacial score (nSPS) is 14.4. The molecular weight excluding hydrogens is 582 g/mol. The van der Waals surface area contributed by atoms with E-state index in [9.17, 15) is 19.2 Å². The lowest BCUT2D eigenvalue weighted by atomic mass is 9.95. The Morgan fingerprint density at radius 3 is 2.44 bits per heavy atom. The van der Waals surface area contributed by atoms with Gasteiger partial charge in [-0.3, -0.25) is 9.59 Å². The van der Waals surface area contributed by atoms with E-state index < -0.39 is 23.9 Å². The Kier molecular flexibility index (Phi) is 10.2. The molecule has 1 atom stereocenters. The van der Waals surface area contributed by atoms with Crippen LogP contribution in [-0.2, 0) is 19.1 Å². The van der Waals surface area contributed by atoms with Crippen molar-refractivity contribution in [1.29, 1.82) is 0 Å². The molecule has 0 radical (unpaired) electrons. The number of methoxy groups -OCH3 is 1. The first-order valence-electron chi connectivity index (χ1n) is 14.1. The van der Waals surface area contributed by atoms with Gasteiger partial charge in [0.2, 0.25) is 0 Å². The van der Waals surface area contributed by atoms with Gasteiger partial charge >= 0.3 is 18.0 Å². The molecule has 13 heteroatoms. The number of rotatable bonds is 11. The molecule has 1 aliphatic rings. The van der Waals surface area contributed by atoms with Gasteiger partial charge < -0.3 is 34.1 Å². The van der Waals surface area contributed by atoms with Crippen molar-refractivity contribution in [3.8, 4) is 22.9 Å². The Bertz CT molecular complexity index is 1670. The van der Waals surface area contributed by atoms with E-state index >= 15 is 0 Å². The number of nitrogens with one attached hydrogen (secondary N) is 3. The number of urea groups is 1. The molecule has 3 aromatic rings. The van der Waals surface area contributed by atoms with Crippen molar-refractivity contribution in [3.63, 3.8) is 0 Å². The Hall–Kier alpha value is -5.59. The standard InChI is InChI=1S/C32H35N5O8/c1-7-43-31(40)29-19(3)34-32(41)35-30(29)22-8-13-26(27(15-22)42-6)44-17-28(39)36-33-16-23-14-18(2)37(20(23)4)24-9-11-25(12-10-24)45-21(5)38/h8-16,30H,7,17H2,1-6H3,(H,36,39)(H2,34,35,41)/b33-16-/t30-/m1/s1. The zero-order valence-corrected chi connectivity index (χ0v) is 25.8. The lowest BCUT2D eigenvalue weighted by molar-refractivity contribution is -0.139.